The number of amides is 4. The van der Waals surface area contributed by atoms with Gasteiger partial charge in [0.2, 0.25) is 17.7 Å². The SMILES string of the molecule is CCCOCCOCCOCCN(C)C(=O)CN(CC(=O)N(C)CCOCCOCCOCCC(=O)O)C(=O)CCOCCNC(=O)OCC1c2ccccc2-c2ccccc21.O=CO. The minimum absolute atomic E-state index is 0.000767. The van der Waals surface area contributed by atoms with E-state index in [0.29, 0.717) is 46.2 Å². The van der Waals surface area contributed by atoms with E-state index >= 15 is 0 Å². The van der Waals surface area contributed by atoms with E-state index in [1.165, 1.54) is 14.7 Å². The lowest BCUT2D eigenvalue weighted by Gasteiger charge is -2.27. The lowest BCUT2D eigenvalue weighted by molar-refractivity contribution is -0.145. The Bertz CT molecular complexity index is 1640. The average molecular weight is 921 g/mol. The smallest absolute Gasteiger partial charge is 0.407 e. The molecule has 1 aliphatic carbocycles. The second kappa shape index (κ2) is 35.1. The molecule has 0 unspecified atom stereocenters. The molecule has 20 nitrogen and oxygen atoms in total. The molecular weight excluding hydrogens is 853 g/mol. The van der Waals surface area contributed by atoms with Crippen LogP contribution in [0.1, 0.15) is 43.2 Å². The standard InChI is InChI=1S/C44H66N4O14.CH2O2/c1-4-18-55-24-28-60-30-26-58-22-16-46(2)41(50)32-48(33-42(51)47(3)17-23-59-27-31-61-29-25-57-20-14-43(52)53)40(49)13-19-56-21-15-45-44(54)62-34-39-37-11-7-5-9-35(37)36-10-6-8-12-38(36)39;2-1-3/h5-12,39H,4,13-34H2,1-3H3,(H,45,54)(H,52,53);1H,(H,2,3). The number of likely N-dealkylation sites (N-methyl/N-ethyl adjacent to an activating group) is 2. The summed E-state index contributed by atoms with van der Waals surface area (Å²) < 4.78 is 43.7. The number of fused-ring (bicyclic) bond motifs is 3. The topological polar surface area (TPSA) is 238 Å². The molecule has 0 atom stereocenters. The lowest BCUT2D eigenvalue weighted by atomic mass is 9.98. The number of aliphatic carboxylic acids is 1. The zero-order valence-electron chi connectivity index (χ0n) is 38.0. The van der Waals surface area contributed by atoms with Gasteiger partial charge < -0.3 is 68.1 Å². The molecule has 0 aromatic heterocycles. The van der Waals surface area contributed by atoms with Gasteiger partial charge in [-0.25, -0.2) is 4.79 Å². The summed E-state index contributed by atoms with van der Waals surface area (Å²) in [6.07, 6.45) is 0.200. The van der Waals surface area contributed by atoms with Crippen molar-refractivity contribution in [2.24, 2.45) is 0 Å². The van der Waals surface area contributed by atoms with Gasteiger partial charge in [-0.15, -0.1) is 0 Å². The molecule has 0 saturated carbocycles. The molecule has 2 aromatic carbocycles. The third-order valence-electron chi connectivity index (χ3n) is 9.61. The zero-order chi connectivity index (χ0) is 47.5. The first-order chi connectivity index (χ1) is 31.5. The second-order valence-corrected chi connectivity index (χ2v) is 14.4. The van der Waals surface area contributed by atoms with Crippen LogP contribution in [-0.2, 0) is 61.9 Å². The molecule has 20 heteroatoms. The summed E-state index contributed by atoms with van der Waals surface area (Å²) in [5.74, 6) is -2.20. The Balaban J connectivity index is 0.00000470. The highest BCUT2D eigenvalue weighted by Gasteiger charge is 2.29. The molecule has 0 heterocycles. The number of rotatable bonds is 35. The molecule has 0 saturated heterocycles. The van der Waals surface area contributed by atoms with Gasteiger partial charge in [0.25, 0.3) is 6.47 Å². The van der Waals surface area contributed by atoms with Gasteiger partial charge in [0.1, 0.15) is 19.7 Å². The van der Waals surface area contributed by atoms with Gasteiger partial charge in [-0.2, -0.15) is 0 Å². The zero-order valence-corrected chi connectivity index (χ0v) is 38.0. The summed E-state index contributed by atoms with van der Waals surface area (Å²) in [5, 5.41) is 18.2. The van der Waals surface area contributed by atoms with Gasteiger partial charge in [-0.3, -0.25) is 24.0 Å². The van der Waals surface area contributed by atoms with Crippen LogP contribution >= 0.6 is 0 Å². The monoisotopic (exact) mass is 920 g/mol. The molecule has 65 heavy (non-hydrogen) atoms. The molecule has 3 N–H and O–H groups in total. The minimum Gasteiger partial charge on any atom is -0.483 e. The molecule has 0 fully saturated rings. The van der Waals surface area contributed by atoms with E-state index in [2.05, 4.69) is 17.4 Å². The number of carbonyl (C=O) groups excluding carboxylic acids is 4. The van der Waals surface area contributed by atoms with Gasteiger partial charge in [0.15, 0.2) is 0 Å². The number of hydrogen-bond acceptors (Lipinski definition) is 14. The van der Waals surface area contributed by atoms with Gasteiger partial charge >= 0.3 is 12.1 Å². The van der Waals surface area contributed by atoms with E-state index in [4.69, 9.17) is 52.9 Å². The first kappa shape index (κ1) is 55.9. The number of benzene rings is 2. The van der Waals surface area contributed by atoms with E-state index in [1.807, 2.05) is 43.3 Å². The van der Waals surface area contributed by atoms with Crippen LogP contribution in [0.5, 0.6) is 0 Å². The van der Waals surface area contributed by atoms with E-state index in [9.17, 15) is 24.0 Å². The Morgan fingerprint density at radius 3 is 1.49 bits per heavy atom. The molecule has 1 aliphatic rings. The van der Waals surface area contributed by atoms with Crippen LogP contribution in [0.15, 0.2) is 48.5 Å². The summed E-state index contributed by atoms with van der Waals surface area (Å²) in [6, 6.07) is 16.2. The predicted molar refractivity (Wildman–Crippen MR) is 237 cm³/mol. The number of alkyl carbamates (subject to hydrolysis) is 1. The number of carboxylic acid groups (broad SMARTS) is 2. The molecule has 0 spiro atoms. The molecular formula is C45H68N4O16. The molecule has 2 aromatic rings. The van der Waals surface area contributed by atoms with Crippen molar-refractivity contribution in [2.75, 3.05) is 146 Å². The van der Waals surface area contributed by atoms with Crippen molar-refractivity contribution in [1.82, 2.24) is 20.0 Å². The quantitative estimate of drug-likeness (QED) is 0.0665. The fourth-order valence-corrected chi connectivity index (χ4v) is 6.13. The maximum Gasteiger partial charge on any atom is 0.407 e. The van der Waals surface area contributed by atoms with E-state index in [0.717, 1.165) is 28.7 Å². The maximum atomic E-state index is 13.4. The van der Waals surface area contributed by atoms with Gasteiger partial charge in [-0.05, 0) is 28.7 Å². The van der Waals surface area contributed by atoms with Crippen LogP contribution in [-0.4, -0.2) is 207 Å². The molecule has 364 valence electrons. The molecule has 4 amide bonds. The Labute approximate surface area is 381 Å². The Hall–Kier alpha value is -5.22. The van der Waals surface area contributed by atoms with E-state index in [-0.39, 0.29) is 123 Å². The van der Waals surface area contributed by atoms with Crippen molar-refractivity contribution in [2.45, 2.75) is 32.1 Å². The van der Waals surface area contributed by atoms with Gasteiger partial charge in [-0.1, -0.05) is 55.5 Å². The first-order valence-corrected chi connectivity index (χ1v) is 21.7. The highest BCUT2D eigenvalue weighted by Crippen LogP contribution is 2.44. The lowest BCUT2D eigenvalue weighted by Crippen LogP contribution is -2.47. The minimum atomic E-state index is -0.927. The summed E-state index contributed by atoms with van der Waals surface area (Å²) in [6.45, 7) is 6.23. The molecule has 3 rings (SSSR count). The number of carbonyl (C=O) groups is 6. The second-order valence-electron chi connectivity index (χ2n) is 14.4. The van der Waals surface area contributed by atoms with Crippen LogP contribution in [0.4, 0.5) is 4.79 Å². The van der Waals surface area contributed by atoms with Crippen molar-refractivity contribution in [3.05, 3.63) is 59.7 Å². The highest BCUT2D eigenvalue weighted by molar-refractivity contribution is 5.89. The Kier molecular flexibility index (Phi) is 30.2. The Morgan fingerprint density at radius 2 is 1.02 bits per heavy atom. The third-order valence-corrected chi connectivity index (χ3v) is 9.61. The van der Waals surface area contributed by atoms with Gasteiger partial charge in [0.05, 0.1) is 98.7 Å². The van der Waals surface area contributed by atoms with Crippen molar-refractivity contribution >= 4 is 36.3 Å². The number of ether oxygens (including phenoxy) is 8. The van der Waals surface area contributed by atoms with Crippen molar-refractivity contribution in [3.8, 4) is 11.1 Å². The van der Waals surface area contributed by atoms with E-state index in [1.54, 1.807) is 14.1 Å². The number of hydrogen-bond donors (Lipinski definition) is 3. The van der Waals surface area contributed by atoms with Crippen LogP contribution in [0.25, 0.3) is 11.1 Å². The summed E-state index contributed by atoms with van der Waals surface area (Å²) in [4.78, 5) is 75.3. The fourth-order valence-electron chi connectivity index (χ4n) is 6.13. The highest BCUT2D eigenvalue weighted by atomic mass is 16.6. The van der Waals surface area contributed by atoms with E-state index < -0.39 is 18.0 Å². The third kappa shape index (κ3) is 24.0. The van der Waals surface area contributed by atoms with Crippen LogP contribution in [0, 0.1) is 0 Å². The number of carboxylic acids is 1. The predicted octanol–water partition coefficient (Wildman–Crippen LogP) is 2.36. The van der Waals surface area contributed by atoms with Crippen molar-refractivity contribution in [1.29, 1.82) is 0 Å². The summed E-state index contributed by atoms with van der Waals surface area (Å²) in [7, 11) is 3.18. The van der Waals surface area contributed by atoms with Gasteiger partial charge in [0, 0.05) is 46.3 Å². The normalized spacial score (nSPS) is 11.4. The first-order valence-electron chi connectivity index (χ1n) is 21.7. The largest absolute Gasteiger partial charge is 0.483 e. The van der Waals surface area contributed by atoms with Crippen LogP contribution in [0.3, 0.4) is 0 Å². The molecule has 0 aliphatic heterocycles. The van der Waals surface area contributed by atoms with Crippen LogP contribution in [0.2, 0.25) is 0 Å². The number of nitrogens with zero attached hydrogens (tertiary/aromatic N) is 3. The maximum absolute atomic E-state index is 13.4. The summed E-state index contributed by atoms with van der Waals surface area (Å²) >= 11 is 0. The van der Waals surface area contributed by atoms with Crippen molar-refractivity contribution < 1.29 is 76.9 Å². The average Bonchev–Trinajstić information content (AvgIpc) is 3.62. The fraction of sp³-hybridized carbons (Fsp3) is 0.600. The molecule has 0 bridgehead atoms. The Morgan fingerprint density at radius 1 is 0.600 bits per heavy atom. The van der Waals surface area contributed by atoms with Crippen LogP contribution < -0.4 is 5.32 Å². The number of nitrogens with one attached hydrogen (secondary N) is 1. The summed E-state index contributed by atoms with van der Waals surface area (Å²) in [5.41, 5.74) is 4.50. The molecule has 0 radical (unpaired) electrons. The van der Waals surface area contributed by atoms with Crippen molar-refractivity contribution in [3.63, 3.8) is 0 Å².